The highest BCUT2D eigenvalue weighted by Crippen LogP contribution is 2.43. The lowest BCUT2D eigenvalue weighted by atomic mass is 9.85. The smallest absolute Gasteiger partial charge is 0.411 e. The summed E-state index contributed by atoms with van der Waals surface area (Å²) in [6.45, 7) is 7.06. The highest BCUT2D eigenvalue weighted by molar-refractivity contribution is 5.82. The molecular formula is C28H38F3N5O3. The average molecular weight is 550 g/mol. The summed E-state index contributed by atoms with van der Waals surface area (Å²) < 4.78 is 46.2. The number of aliphatic hydroxyl groups is 1. The third-order valence-electron chi connectivity index (χ3n) is 7.92. The van der Waals surface area contributed by atoms with Crippen LogP contribution in [0.15, 0.2) is 18.3 Å². The first kappa shape index (κ1) is 27.7. The van der Waals surface area contributed by atoms with E-state index < -0.39 is 24.2 Å². The molecule has 2 aliphatic heterocycles. The number of nitrogens with one attached hydrogen (secondary N) is 1. The molecule has 8 nitrogen and oxygen atoms in total. The van der Waals surface area contributed by atoms with Crippen molar-refractivity contribution in [3.8, 4) is 0 Å². The topological polar surface area (TPSA) is 92.0 Å². The molecule has 0 aromatic carbocycles. The Morgan fingerprint density at radius 2 is 1.90 bits per heavy atom. The number of fused-ring (bicyclic) bond motifs is 3. The molecule has 39 heavy (non-hydrogen) atoms. The fraction of sp³-hybridized carbons (Fsp3) is 0.679. The molecule has 2 fully saturated rings. The molecule has 1 saturated carbocycles. The third kappa shape index (κ3) is 6.18. The maximum atomic E-state index is 12.9. The lowest BCUT2D eigenvalue weighted by molar-refractivity contribution is -0.136. The molecule has 1 aliphatic carbocycles. The number of amides is 1. The van der Waals surface area contributed by atoms with Crippen molar-refractivity contribution in [3.05, 3.63) is 29.6 Å². The molecule has 2 aromatic heterocycles. The van der Waals surface area contributed by atoms with Gasteiger partial charge < -0.3 is 15.2 Å². The van der Waals surface area contributed by atoms with Crippen LogP contribution in [0.4, 0.5) is 23.9 Å². The van der Waals surface area contributed by atoms with Gasteiger partial charge in [-0.3, -0.25) is 4.90 Å². The molecule has 0 radical (unpaired) electrons. The lowest BCUT2D eigenvalue weighted by Crippen LogP contribution is -2.45. The normalized spacial score (nSPS) is 26.5. The molecule has 214 valence electrons. The largest absolute Gasteiger partial charge is 0.444 e. The summed E-state index contributed by atoms with van der Waals surface area (Å²) in [5.74, 6) is 0.316. The molecule has 4 heterocycles. The first-order valence-electron chi connectivity index (χ1n) is 13.9. The molecule has 3 atom stereocenters. The zero-order valence-corrected chi connectivity index (χ0v) is 23.0. The minimum atomic E-state index is -4.29. The molecule has 2 aromatic rings. The fourth-order valence-corrected chi connectivity index (χ4v) is 6.25. The van der Waals surface area contributed by atoms with E-state index >= 15 is 0 Å². The van der Waals surface area contributed by atoms with Crippen molar-refractivity contribution < 1.29 is 27.8 Å². The van der Waals surface area contributed by atoms with Gasteiger partial charge in [0, 0.05) is 29.3 Å². The molecule has 1 saturated heterocycles. The summed E-state index contributed by atoms with van der Waals surface area (Å²) >= 11 is 0. The molecular weight excluding hydrogens is 511 g/mol. The van der Waals surface area contributed by atoms with Crippen molar-refractivity contribution in [1.82, 2.24) is 19.5 Å². The summed E-state index contributed by atoms with van der Waals surface area (Å²) in [7, 11) is 0. The molecule has 1 amide bonds. The van der Waals surface area contributed by atoms with E-state index in [1.54, 1.807) is 6.20 Å². The van der Waals surface area contributed by atoms with Crippen LogP contribution in [0, 0.1) is 0 Å². The number of rotatable bonds is 5. The molecule has 0 spiro atoms. The molecule has 3 aliphatic rings. The van der Waals surface area contributed by atoms with Crippen molar-refractivity contribution in [2.45, 2.75) is 121 Å². The number of carbonyl (C=O) groups is 1. The van der Waals surface area contributed by atoms with Gasteiger partial charge in [0.25, 0.3) is 0 Å². The van der Waals surface area contributed by atoms with Crippen LogP contribution >= 0.6 is 0 Å². The second-order valence-electron chi connectivity index (χ2n) is 12.3. The van der Waals surface area contributed by atoms with Gasteiger partial charge in [-0.1, -0.05) is 6.08 Å². The van der Waals surface area contributed by atoms with Crippen LogP contribution in [-0.2, 0) is 4.74 Å². The Bertz CT molecular complexity index is 1240. The summed E-state index contributed by atoms with van der Waals surface area (Å²) in [6, 6.07) is 1.24. The Morgan fingerprint density at radius 1 is 1.18 bits per heavy atom. The number of nitrogens with zero attached hydrogens (tertiary/aromatic N) is 4. The Hall–Kier alpha value is -2.82. The van der Waals surface area contributed by atoms with Gasteiger partial charge in [0.15, 0.2) is 0 Å². The van der Waals surface area contributed by atoms with E-state index in [1.165, 1.54) is 6.92 Å². The van der Waals surface area contributed by atoms with Crippen molar-refractivity contribution >= 4 is 23.1 Å². The van der Waals surface area contributed by atoms with Crippen LogP contribution < -0.4 is 5.32 Å². The minimum Gasteiger partial charge on any atom is -0.444 e. The van der Waals surface area contributed by atoms with Crippen molar-refractivity contribution in [3.63, 3.8) is 0 Å². The predicted molar refractivity (Wildman–Crippen MR) is 141 cm³/mol. The Morgan fingerprint density at radius 3 is 2.54 bits per heavy atom. The van der Waals surface area contributed by atoms with Gasteiger partial charge in [-0.05, 0) is 84.3 Å². The van der Waals surface area contributed by atoms with Crippen LogP contribution in [-0.4, -0.2) is 66.7 Å². The summed E-state index contributed by atoms with van der Waals surface area (Å²) in [5, 5.41) is 17.5. The SMILES string of the molecule is C[C@H](CC(F)(F)F)Nc1ncc2c(C3=C[C@H]4CC[C@@H](C3)N4C(=O)OC(C)(C)C)cc(C3CCC(O)CC3)n2n1. The van der Waals surface area contributed by atoms with E-state index in [9.17, 15) is 23.1 Å². The maximum absolute atomic E-state index is 12.9. The first-order valence-corrected chi connectivity index (χ1v) is 13.9. The van der Waals surface area contributed by atoms with E-state index in [0.29, 0.717) is 19.3 Å². The van der Waals surface area contributed by atoms with Crippen molar-refractivity contribution in [1.29, 1.82) is 0 Å². The van der Waals surface area contributed by atoms with Crippen LogP contribution in [0.25, 0.3) is 11.1 Å². The summed E-state index contributed by atoms with van der Waals surface area (Å²) in [6.07, 6.45) is 3.41. The number of carbonyl (C=O) groups excluding carboxylic acids is 1. The number of hydrogen-bond donors (Lipinski definition) is 2. The first-order chi connectivity index (χ1) is 18.3. The number of hydrogen-bond acceptors (Lipinski definition) is 6. The number of ether oxygens (including phenoxy) is 1. The van der Waals surface area contributed by atoms with Crippen molar-refractivity contribution in [2.75, 3.05) is 5.32 Å². The van der Waals surface area contributed by atoms with Gasteiger partial charge in [0.05, 0.1) is 30.3 Å². The molecule has 5 rings (SSSR count). The standard InChI is InChI=1S/C28H38F3N5O3/c1-16(14-28(29,30)31)33-25-32-15-24-22(13-23(36(24)34-25)17-5-9-21(37)10-6-17)18-11-19-7-8-20(12-18)35(19)26(38)39-27(2,3)4/h11,13,15-17,19-21,37H,5-10,12,14H2,1-4H3,(H,33,34)/t16-,17?,19-,20+,21?/m1/s1. The van der Waals surface area contributed by atoms with E-state index in [2.05, 4.69) is 27.5 Å². The maximum Gasteiger partial charge on any atom is 0.411 e. The van der Waals surface area contributed by atoms with E-state index in [4.69, 9.17) is 4.74 Å². The number of alkyl halides is 3. The van der Waals surface area contributed by atoms with Gasteiger partial charge in [0.1, 0.15) is 5.60 Å². The lowest BCUT2D eigenvalue weighted by Gasteiger charge is -2.35. The third-order valence-corrected chi connectivity index (χ3v) is 7.92. The fourth-order valence-electron chi connectivity index (χ4n) is 6.25. The Balaban J connectivity index is 1.48. The number of aliphatic hydroxyl groups excluding tert-OH is 1. The zero-order chi connectivity index (χ0) is 28.1. The minimum absolute atomic E-state index is 0.0400. The molecule has 2 N–H and O–H groups in total. The quantitative estimate of drug-likeness (QED) is 0.471. The number of halogens is 3. The summed E-state index contributed by atoms with van der Waals surface area (Å²) in [5.41, 5.74) is 3.32. The summed E-state index contributed by atoms with van der Waals surface area (Å²) in [4.78, 5) is 19.2. The monoisotopic (exact) mass is 549 g/mol. The predicted octanol–water partition coefficient (Wildman–Crippen LogP) is 6.06. The van der Waals surface area contributed by atoms with Crippen LogP contribution in [0.3, 0.4) is 0 Å². The van der Waals surface area contributed by atoms with E-state index in [1.807, 2.05) is 30.2 Å². The van der Waals surface area contributed by atoms with Crippen LogP contribution in [0.1, 0.15) is 96.2 Å². The number of anilines is 1. The van der Waals surface area contributed by atoms with Crippen LogP contribution in [0.5, 0.6) is 0 Å². The molecule has 0 unspecified atom stereocenters. The van der Waals surface area contributed by atoms with Crippen molar-refractivity contribution in [2.24, 2.45) is 0 Å². The van der Waals surface area contributed by atoms with Gasteiger partial charge in [-0.25, -0.2) is 14.3 Å². The second-order valence-corrected chi connectivity index (χ2v) is 12.3. The van der Waals surface area contributed by atoms with Gasteiger partial charge in [-0.2, -0.15) is 13.2 Å². The van der Waals surface area contributed by atoms with E-state index in [-0.39, 0.29) is 36.1 Å². The van der Waals surface area contributed by atoms with Gasteiger partial charge >= 0.3 is 12.3 Å². The zero-order valence-electron chi connectivity index (χ0n) is 23.0. The highest BCUT2D eigenvalue weighted by Gasteiger charge is 2.42. The highest BCUT2D eigenvalue weighted by atomic mass is 19.4. The second kappa shape index (κ2) is 10.3. The van der Waals surface area contributed by atoms with E-state index in [0.717, 1.165) is 48.0 Å². The average Bonchev–Trinajstić information content (AvgIpc) is 3.32. The number of aromatic nitrogens is 3. The van der Waals surface area contributed by atoms with Crippen LogP contribution in [0.2, 0.25) is 0 Å². The molecule has 2 bridgehead atoms. The Kier molecular flexibility index (Phi) is 7.32. The Labute approximate surface area is 226 Å². The molecule has 11 heteroatoms. The van der Waals surface area contributed by atoms with Gasteiger partial charge in [-0.15, -0.1) is 5.10 Å². The van der Waals surface area contributed by atoms with Gasteiger partial charge in [0.2, 0.25) is 5.95 Å².